The third-order valence-corrected chi connectivity index (χ3v) is 3.01. The Morgan fingerprint density at radius 1 is 1.43 bits per heavy atom. The van der Waals surface area contributed by atoms with Crippen LogP contribution < -0.4 is 5.73 Å². The molecule has 1 aromatic rings. The molecule has 0 bridgehead atoms. The van der Waals surface area contributed by atoms with Crippen molar-refractivity contribution in [3.05, 3.63) is 24.0 Å². The first-order valence-electron chi connectivity index (χ1n) is 5.44. The number of rotatable bonds is 3. The van der Waals surface area contributed by atoms with E-state index < -0.39 is 0 Å². The van der Waals surface area contributed by atoms with Gasteiger partial charge >= 0.3 is 0 Å². The van der Waals surface area contributed by atoms with E-state index >= 15 is 0 Å². The first-order valence-corrected chi connectivity index (χ1v) is 5.44. The van der Waals surface area contributed by atoms with Crippen molar-refractivity contribution in [2.45, 2.75) is 25.3 Å². The van der Waals surface area contributed by atoms with Gasteiger partial charge in [-0.15, -0.1) is 0 Å². The molecule has 0 aliphatic carbocycles. The SMILES string of the molecule is NC1CCN(CCc2cc[nH]c2)CC1. The maximum atomic E-state index is 5.86. The van der Waals surface area contributed by atoms with Crippen LogP contribution >= 0.6 is 0 Å². The summed E-state index contributed by atoms with van der Waals surface area (Å²) in [5.41, 5.74) is 7.26. The van der Waals surface area contributed by atoms with Gasteiger partial charge in [-0.3, -0.25) is 0 Å². The Morgan fingerprint density at radius 3 is 2.86 bits per heavy atom. The van der Waals surface area contributed by atoms with Gasteiger partial charge in [0.1, 0.15) is 0 Å². The minimum atomic E-state index is 0.443. The molecule has 0 aromatic carbocycles. The summed E-state index contributed by atoms with van der Waals surface area (Å²) in [6, 6.07) is 2.59. The molecule has 0 radical (unpaired) electrons. The molecule has 0 amide bonds. The number of hydrogen-bond donors (Lipinski definition) is 2. The van der Waals surface area contributed by atoms with Crippen molar-refractivity contribution in [2.24, 2.45) is 5.73 Å². The molecule has 2 rings (SSSR count). The second-order valence-corrected chi connectivity index (χ2v) is 4.15. The second kappa shape index (κ2) is 4.62. The number of aromatic nitrogens is 1. The van der Waals surface area contributed by atoms with Crippen molar-refractivity contribution in [1.82, 2.24) is 9.88 Å². The van der Waals surface area contributed by atoms with Crippen LogP contribution in [0.1, 0.15) is 18.4 Å². The molecular weight excluding hydrogens is 174 g/mol. The van der Waals surface area contributed by atoms with Crippen molar-refractivity contribution >= 4 is 0 Å². The van der Waals surface area contributed by atoms with Crippen LogP contribution in [0.25, 0.3) is 0 Å². The zero-order valence-electron chi connectivity index (χ0n) is 8.58. The van der Waals surface area contributed by atoms with Gasteiger partial charge in [-0.1, -0.05) is 0 Å². The average Bonchev–Trinajstić information content (AvgIpc) is 2.70. The highest BCUT2D eigenvalue weighted by Gasteiger charge is 2.15. The highest BCUT2D eigenvalue weighted by molar-refractivity contribution is 5.08. The quantitative estimate of drug-likeness (QED) is 0.751. The van der Waals surface area contributed by atoms with E-state index in [0.29, 0.717) is 6.04 Å². The summed E-state index contributed by atoms with van der Waals surface area (Å²) in [5.74, 6) is 0. The number of nitrogens with two attached hydrogens (primary N) is 1. The van der Waals surface area contributed by atoms with Crippen molar-refractivity contribution in [2.75, 3.05) is 19.6 Å². The molecular formula is C11H19N3. The smallest absolute Gasteiger partial charge is 0.00631 e. The zero-order valence-corrected chi connectivity index (χ0v) is 8.58. The minimum Gasteiger partial charge on any atom is -0.367 e. The number of H-pyrrole nitrogens is 1. The largest absolute Gasteiger partial charge is 0.367 e. The molecule has 1 fully saturated rings. The van der Waals surface area contributed by atoms with Crippen molar-refractivity contribution in [3.63, 3.8) is 0 Å². The molecule has 1 aliphatic heterocycles. The average molecular weight is 193 g/mol. The van der Waals surface area contributed by atoms with E-state index in [1.165, 1.54) is 25.2 Å². The van der Waals surface area contributed by atoms with E-state index in [2.05, 4.69) is 22.1 Å². The maximum absolute atomic E-state index is 5.86. The van der Waals surface area contributed by atoms with Crippen LogP contribution in [0.3, 0.4) is 0 Å². The summed E-state index contributed by atoms with van der Waals surface area (Å²) in [6.45, 7) is 3.52. The molecule has 78 valence electrons. The molecule has 0 unspecified atom stereocenters. The first kappa shape index (κ1) is 9.74. The predicted molar refractivity (Wildman–Crippen MR) is 58.1 cm³/mol. The summed E-state index contributed by atoms with van der Waals surface area (Å²) in [7, 11) is 0. The van der Waals surface area contributed by atoms with E-state index in [0.717, 1.165) is 19.3 Å². The summed E-state index contributed by atoms with van der Waals surface area (Å²) < 4.78 is 0. The van der Waals surface area contributed by atoms with E-state index in [1.54, 1.807) is 0 Å². The van der Waals surface area contributed by atoms with E-state index in [1.807, 2.05) is 6.20 Å². The minimum absolute atomic E-state index is 0.443. The van der Waals surface area contributed by atoms with Gasteiger partial charge in [-0.25, -0.2) is 0 Å². The number of hydrogen-bond acceptors (Lipinski definition) is 2. The molecule has 3 heteroatoms. The second-order valence-electron chi connectivity index (χ2n) is 4.15. The van der Waals surface area contributed by atoms with Crippen LogP contribution in [-0.4, -0.2) is 35.6 Å². The fraction of sp³-hybridized carbons (Fsp3) is 0.636. The molecule has 0 spiro atoms. The lowest BCUT2D eigenvalue weighted by Gasteiger charge is -2.29. The number of piperidine rings is 1. The molecule has 3 nitrogen and oxygen atoms in total. The van der Waals surface area contributed by atoms with Gasteiger partial charge in [0.15, 0.2) is 0 Å². The van der Waals surface area contributed by atoms with E-state index in [-0.39, 0.29) is 0 Å². The summed E-state index contributed by atoms with van der Waals surface area (Å²) in [5, 5.41) is 0. The fourth-order valence-electron chi connectivity index (χ4n) is 1.98. The predicted octanol–water partition coefficient (Wildman–Crippen LogP) is 0.980. The standard InChI is InChI=1S/C11H19N3/c12-11-3-7-14(8-4-11)6-2-10-1-5-13-9-10/h1,5,9,11,13H,2-4,6-8,12H2. The highest BCUT2D eigenvalue weighted by Crippen LogP contribution is 2.09. The maximum Gasteiger partial charge on any atom is 0.00631 e. The van der Waals surface area contributed by atoms with Gasteiger partial charge in [-0.05, 0) is 44.0 Å². The Morgan fingerprint density at radius 2 is 2.21 bits per heavy atom. The molecule has 1 aromatic heterocycles. The molecule has 0 atom stereocenters. The lowest BCUT2D eigenvalue weighted by Crippen LogP contribution is -2.40. The third-order valence-electron chi connectivity index (χ3n) is 3.01. The van der Waals surface area contributed by atoms with Gasteiger partial charge in [0.05, 0.1) is 0 Å². The van der Waals surface area contributed by atoms with Gasteiger partial charge < -0.3 is 15.6 Å². The van der Waals surface area contributed by atoms with Gasteiger partial charge in [0.2, 0.25) is 0 Å². The number of likely N-dealkylation sites (tertiary alicyclic amines) is 1. The Hall–Kier alpha value is -0.800. The van der Waals surface area contributed by atoms with Crippen LogP contribution in [0.4, 0.5) is 0 Å². The molecule has 2 heterocycles. The normalized spacial score (nSPS) is 20.1. The molecule has 3 N–H and O–H groups in total. The third kappa shape index (κ3) is 2.59. The van der Waals surface area contributed by atoms with Crippen molar-refractivity contribution in [1.29, 1.82) is 0 Å². The Bertz CT molecular complexity index is 248. The monoisotopic (exact) mass is 193 g/mol. The lowest BCUT2D eigenvalue weighted by molar-refractivity contribution is 0.215. The number of nitrogens with one attached hydrogen (secondary N) is 1. The molecule has 0 saturated carbocycles. The topological polar surface area (TPSA) is 45.0 Å². The summed E-state index contributed by atoms with van der Waals surface area (Å²) >= 11 is 0. The summed E-state index contributed by atoms with van der Waals surface area (Å²) in [6.07, 6.45) is 7.54. The van der Waals surface area contributed by atoms with Crippen LogP contribution in [0, 0.1) is 0 Å². The van der Waals surface area contributed by atoms with E-state index in [4.69, 9.17) is 5.73 Å². The molecule has 14 heavy (non-hydrogen) atoms. The van der Waals surface area contributed by atoms with Crippen molar-refractivity contribution < 1.29 is 0 Å². The molecule has 1 aliphatic rings. The van der Waals surface area contributed by atoms with Crippen LogP contribution in [0.15, 0.2) is 18.5 Å². The lowest BCUT2D eigenvalue weighted by atomic mass is 10.1. The number of aromatic amines is 1. The van der Waals surface area contributed by atoms with Gasteiger partial charge in [-0.2, -0.15) is 0 Å². The highest BCUT2D eigenvalue weighted by atomic mass is 15.1. The van der Waals surface area contributed by atoms with Crippen LogP contribution in [0.5, 0.6) is 0 Å². The van der Waals surface area contributed by atoms with Crippen LogP contribution in [-0.2, 0) is 6.42 Å². The van der Waals surface area contributed by atoms with Gasteiger partial charge in [0.25, 0.3) is 0 Å². The Balaban J connectivity index is 1.71. The fourth-order valence-corrected chi connectivity index (χ4v) is 1.98. The molecule has 1 saturated heterocycles. The van der Waals surface area contributed by atoms with E-state index in [9.17, 15) is 0 Å². The zero-order chi connectivity index (χ0) is 9.80. The summed E-state index contributed by atoms with van der Waals surface area (Å²) in [4.78, 5) is 5.60. The first-order chi connectivity index (χ1) is 6.84. The van der Waals surface area contributed by atoms with Crippen molar-refractivity contribution in [3.8, 4) is 0 Å². The Labute approximate surface area is 85.3 Å². The number of nitrogens with zero attached hydrogens (tertiary/aromatic N) is 1. The Kier molecular flexibility index (Phi) is 3.22. The van der Waals surface area contributed by atoms with Gasteiger partial charge in [0, 0.05) is 25.0 Å². The van der Waals surface area contributed by atoms with Crippen LogP contribution in [0.2, 0.25) is 0 Å².